The van der Waals surface area contributed by atoms with E-state index in [4.69, 9.17) is 0 Å². The molecule has 0 radical (unpaired) electrons. The molecule has 0 N–H and O–H groups in total. The number of allylic oxidation sites excluding steroid dienone is 3. The SMILES string of the molecule is C=C(CCCC)C1=C(N=CC)CN(Cc2ccc(/C(=C/N(C)C)C(=C)C)cc2)C1=C. The first kappa shape index (κ1) is 23.5. The summed E-state index contributed by atoms with van der Waals surface area (Å²) in [4.78, 5) is 8.99. The Kier molecular flexibility index (Phi) is 8.46. The van der Waals surface area contributed by atoms with Gasteiger partial charge in [-0.15, -0.1) is 0 Å². The Bertz CT molecular complexity index is 879. The molecule has 0 unspecified atom stereocenters. The van der Waals surface area contributed by atoms with Crippen molar-refractivity contribution in [3.8, 4) is 0 Å². The molecule has 0 fully saturated rings. The smallest absolute Gasteiger partial charge is 0.0688 e. The van der Waals surface area contributed by atoms with Gasteiger partial charge >= 0.3 is 0 Å². The molecule has 2 rings (SSSR count). The second-order valence-corrected chi connectivity index (χ2v) is 8.20. The summed E-state index contributed by atoms with van der Waals surface area (Å²) in [6, 6.07) is 8.75. The summed E-state index contributed by atoms with van der Waals surface area (Å²) in [5.41, 5.74) is 9.08. The zero-order chi connectivity index (χ0) is 22.3. The molecule has 1 aromatic carbocycles. The van der Waals surface area contributed by atoms with Crippen molar-refractivity contribution in [2.45, 2.75) is 46.6 Å². The number of hydrogen-bond acceptors (Lipinski definition) is 3. The van der Waals surface area contributed by atoms with Gasteiger partial charge in [-0.1, -0.05) is 57.3 Å². The summed E-state index contributed by atoms with van der Waals surface area (Å²) in [5, 5.41) is 0. The Labute approximate surface area is 183 Å². The third-order valence-corrected chi connectivity index (χ3v) is 5.26. The van der Waals surface area contributed by atoms with Crippen molar-refractivity contribution in [2.75, 3.05) is 20.6 Å². The zero-order valence-electron chi connectivity index (χ0n) is 19.5. The van der Waals surface area contributed by atoms with Crippen molar-refractivity contribution < 1.29 is 0 Å². The first-order valence-corrected chi connectivity index (χ1v) is 10.8. The lowest BCUT2D eigenvalue weighted by atomic mass is 9.99. The van der Waals surface area contributed by atoms with Gasteiger partial charge in [0.2, 0.25) is 0 Å². The van der Waals surface area contributed by atoms with Crippen LogP contribution < -0.4 is 0 Å². The van der Waals surface area contributed by atoms with E-state index in [-0.39, 0.29) is 0 Å². The van der Waals surface area contributed by atoms with Gasteiger partial charge in [0.25, 0.3) is 0 Å². The molecule has 0 aliphatic carbocycles. The molecule has 0 amide bonds. The van der Waals surface area contributed by atoms with Crippen molar-refractivity contribution in [3.05, 3.63) is 89.4 Å². The van der Waals surface area contributed by atoms with Crippen LogP contribution in [0.1, 0.15) is 51.2 Å². The van der Waals surface area contributed by atoms with Crippen molar-refractivity contribution in [1.29, 1.82) is 0 Å². The maximum atomic E-state index is 4.63. The van der Waals surface area contributed by atoms with E-state index in [0.717, 1.165) is 66.0 Å². The molecule has 0 spiro atoms. The Morgan fingerprint density at radius 2 is 1.87 bits per heavy atom. The molecule has 0 bridgehead atoms. The fraction of sp³-hybridized carbons (Fsp3) is 0.370. The molecule has 0 aromatic heterocycles. The number of aliphatic imine (C=N–C) groups is 1. The van der Waals surface area contributed by atoms with Crippen LogP contribution in [0.2, 0.25) is 0 Å². The lowest BCUT2D eigenvalue weighted by molar-refractivity contribution is 0.393. The molecule has 3 nitrogen and oxygen atoms in total. The number of nitrogens with zero attached hydrogens (tertiary/aromatic N) is 3. The third kappa shape index (κ3) is 5.85. The monoisotopic (exact) mass is 403 g/mol. The van der Waals surface area contributed by atoms with Crippen LogP contribution in [0.15, 0.2) is 83.3 Å². The maximum Gasteiger partial charge on any atom is 0.0688 e. The molecule has 1 heterocycles. The van der Waals surface area contributed by atoms with Gasteiger partial charge in [-0.2, -0.15) is 0 Å². The molecule has 1 aromatic rings. The van der Waals surface area contributed by atoms with Crippen LogP contribution in [0.4, 0.5) is 0 Å². The standard InChI is InChI=1S/C27H37N3/c1-9-11-12-21(5)27-22(6)30(19-26(27)28-10-2)17-23-13-15-24(16-14-23)25(20(3)4)18-29(7)8/h10,13-16,18H,3,5-6,9,11-12,17,19H2,1-2,4,7-8H3/b25-18+,28-10?. The molecule has 30 heavy (non-hydrogen) atoms. The first-order chi connectivity index (χ1) is 14.3. The van der Waals surface area contributed by atoms with Gasteiger partial charge in [0.15, 0.2) is 0 Å². The highest BCUT2D eigenvalue weighted by Gasteiger charge is 2.26. The lowest BCUT2D eigenvalue weighted by Gasteiger charge is -2.22. The lowest BCUT2D eigenvalue weighted by Crippen LogP contribution is -2.19. The Hall–Kier alpha value is -2.81. The van der Waals surface area contributed by atoms with E-state index < -0.39 is 0 Å². The summed E-state index contributed by atoms with van der Waals surface area (Å²) in [5.74, 6) is 0. The van der Waals surface area contributed by atoms with Gasteiger partial charge in [-0.05, 0) is 54.5 Å². The number of hydrogen-bond donors (Lipinski definition) is 0. The highest BCUT2D eigenvalue weighted by molar-refractivity contribution is 5.77. The Morgan fingerprint density at radius 3 is 2.40 bits per heavy atom. The van der Waals surface area contributed by atoms with Gasteiger partial charge in [-0.25, -0.2) is 0 Å². The van der Waals surface area contributed by atoms with Gasteiger partial charge in [0, 0.05) is 44.3 Å². The Morgan fingerprint density at radius 1 is 1.20 bits per heavy atom. The highest BCUT2D eigenvalue weighted by atomic mass is 15.2. The fourth-order valence-electron chi connectivity index (χ4n) is 3.72. The summed E-state index contributed by atoms with van der Waals surface area (Å²) in [6.45, 7) is 20.7. The van der Waals surface area contributed by atoms with E-state index in [0.29, 0.717) is 0 Å². The molecule has 0 atom stereocenters. The summed E-state index contributed by atoms with van der Waals surface area (Å²) >= 11 is 0. The minimum atomic E-state index is 0.781. The molecule has 0 saturated carbocycles. The quantitative estimate of drug-likeness (QED) is 0.324. The van der Waals surface area contributed by atoms with Gasteiger partial charge in [-0.3, -0.25) is 4.99 Å². The average molecular weight is 404 g/mol. The third-order valence-electron chi connectivity index (χ3n) is 5.26. The zero-order valence-corrected chi connectivity index (χ0v) is 19.5. The van der Waals surface area contributed by atoms with Crippen LogP contribution in [0, 0.1) is 0 Å². The predicted octanol–water partition coefficient (Wildman–Crippen LogP) is 6.59. The van der Waals surface area contributed by atoms with E-state index in [9.17, 15) is 0 Å². The predicted molar refractivity (Wildman–Crippen MR) is 132 cm³/mol. The maximum absolute atomic E-state index is 4.63. The normalized spacial score (nSPS) is 14.8. The molecule has 160 valence electrons. The van der Waals surface area contributed by atoms with Crippen LogP contribution in [-0.2, 0) is 6.54 Å². The molecule has 1 aliphatic rings. The number of unbranched alkanes of at least 4 members (excludes halogenated alkanes) is 1. The van der Waals surface area contributed by atoms with E-state index in [2.05, 4.69) is 71.9 Å². The summed E-state index contributed by atoms with van der Waals surface area (Å²) in [6.07, 6.45) is 7.29. The van der Waals surface area contributed by atoms with Crippen LogP contribution in [0.3, 0.4) is 0 Å². The Balaban J connectivity index is 2.18. The second-order valence-electron chi connectivity index (χ2n) is 8.20. The van der Waals surface area contributed by atoms with E-state index in [1.165, 1.54) is 11.1 Å². The van der Waals surface area contributed by atoms with Gasteiger partial charge in [0.1, 0.15) is 0 Å². The van der Waals surface area contributed by atoms with Crippen LogP contribution in [-0.4, -0.2) is 36.7 Å². The van der Waals surface area contributed by atoms with Gasteiger partial charge in [0.05, 0.1) is 12.2 Å². The molecular formula is C27H37N3. The molecular weight excluding hydrogens is 366 g/mol. The average Bonchev–Trinajstić information content (AvgIpc) is 3.00. The minimum absolute atomic E-state index is 0.781. The molecule has 0 saturated heterocycles. The van der Waals surface area contributed by atoms with Crippen molar-refractivity contribution in [1.82, 2.24) is 9.80 Å². The molecule has 3 heteroatoms. The van der Waals surface area contributed by atoms with Crippen molar-refractivity contribution >= 4 is 11.8 Å². The van der Waals surface area contributed by atoms with E-state index in [1.807, 2.05) is 34.2 Å². The second kappa shape index (κ2) is 10.8. The van der Waals surface area contributed by atoms with Gasteiger partial charge < -0.3 is 9.80 Å². The fourth-order valence-corrected chi connectivity index (χ4v) is 3.72. The first-order valence-electron chi connectivity index (χ1n) is 10.8. The van der Waals surface area contributed by atoms with Crippen molar-refractivity contribution in [3.63, 3.8) is 0 Å². The van der Waals surface area contributed by atoms with E-state index in [1.54, 1.807) is 0 Å². The van der Waals surface area contributed by atoms with Crippen LogP contribution in [0.5, 0.6) is 0 Å². The highest BCUT2D eigenvalue weighted by Crippen LogP contribution is 2.35. The topological polar surface area (TPSA) is 18.8 Å². The number of rotatable bonds is 10. The summed E-state index contributed by atoms with van der Waals surface area (Å²) in [7, 11) is 4.07. The van der Waals surface area contributed by atoms with Crippen LogP contribution in [0.25, 0.3) is 5.57 Å². The van der Waals surface area contributed by atoms with Crippen molar-refractivity contribution in [2.24, 2.45) is 4.99 Å². The summed E-state index contributed by atoms with van der Waals surface area (Å²) < 4.78 is 0. The minimum Gasteiger partial charge on any atom is -0.383 e. The number of benzene rings is 1. The largest absolute Gasteiger partial charge is 0.383 e. The van der Waals surface area contributed by atoms with E-state index >= 15 is 0 Å². The molecule has 1 aliphatic heterocycles. The van der Waals surface area contributed by atoms with Crippen LogP contribution >= 0.6 is 0 Å².